The van der Waals surface area contributed by atoms with Crippen molar-refractivity contribution in [3.63, 3.8) is 0 Å². The molecule has 1 amide bonds. The average Bonchev–Trinajstić information content (AvgIpc) is 3.19. The molecule has 0 bridgehead atoms. The van der Waals surface area contributed by atoms with Crippen LogP contribution in [0.5, 0.6) is 5.75 Å². The highest BCUT2D eigenvalue weighted by Crippen LogP contribution is 2.19. The minimum atomic E-state index is -0.475. The molecule has 1 aliphatic rings. The molecule has 0 aromatic heterocycles. The summed E-state index contributed by atoms with van der Waals surface area (Å²) in [6, 6.07) is 16.2. The third-order valence-corrected chi connectivity index (χ3v) is 5.19. The molecule has 1 heterocycles. The minimum absolute atomic E-state index is 0.0586. The van der Waals surface area contributed by atoms with E-state index in [1.54, 1.807) is 0 Å². The van der Waals surface area contributed by atoms with Gasteiger partial charge in [0.25, 0.3) is 5.91 Å². The molecule has 2 aromatic rings. The van der Waals surface area contributed by atoms with Crippen LogP contribution in [-0.2, 0) is 17.9 Å². The standard InChI is InChI=1S/C23H30N2O2/c1-3-21(27-22-13-7-4-10-18(22)2)23(26)24-16-19-11-5-6-12-20(19)17-25-14-8-9-15-25/h4-7,10-13,21H,3,8-9,14-17H2,1-2H3,(H,24,26). The van der Waals surface area contributed by atoms with Crippen LogP contribution in [0.2, 0.25) is 0 Å². The van der Waals surface area contributed by atoms with Crippen molar-refractivity contribution in [3.05, 3.63) is 65.2 Å². The van der Waals surface area contributed by atoms with Crippen LogP contribution in [0.4, 0.5) is 0 Å². The number of hydrogen-bond acceptors (Lipinski definition) is 3. The summed E-state index contributed by atoms with van der Waals surface area (Å²) in [6.07, 6.45) is 2.73. The summed E-state index contributed by atoms with van der Waals surface area (Å²) in [6.45, 7) is 7.81. The fourth-order valence-corrected chi connectivity index (χ4v) is 3.53. The quantitative estimate of drug-likeness (QED) is 0.766. The number of rotatable bonds is 8. The molecule has 1 N–H and O–H groups in total. The van der Waals surface area contributed by atoms with Gasteiger partial charge >= 0.3 is 0 Å². The van der Waals surface area contributed by atoms with Gasteiger partial charge in [0.2, 0.25) is 0 Å². The van der Waals surface area contributed by atoms with Gasteiger partial charge in [-0.25, -0.2) is 0 Å². The van der Waals surface area contributed by atoms with Crippen LogP contribution < -0.4 is 10.1 Å². The Bertz CT molecular complexity index is 754. The molecule has 1 aliphatic heterocycles. The first kappa shape index (κ1) is 19.4. The summed E-state index contributed by atoms with van der Waals surface area (Å²) in [5.74, 6) is 0.714. The minimum Gasteiger partial charge on any atom is -0.480 e. The Balaban J connectivity index is 1.60. The maximum atomic E-state index is 12.7. The van der Waals surface area contributed by atoms with Gasteiger partial charge in [-0.1, -0.05) is 49.4 Å². The van der Waals surface area contributed by atoms with E-state index in [0.717, 1.165) is 17.9 Å². The van der Waals surface area contributed by atoms with Gasteiger partial charge in [0.05, 0.1) is 0 Å². The predicted molar refractivity (Wildman–Crippen MR) is 109 cm³/mol. The van der Waals surface area contributed by atoms with Crippen LogP contribution in [0.1, 0.15) is 42.9 Å². The van der Waals surface area contributed by atoms with Crippen LogP contribution in [-0.4, -0.2) is 30.0 Å². The molecule has 0 saturated carbocycles. The SMILES string of the molecule is CCC(Oc1ccccc1C)C(=O)NCc1ccccc1CN1CCCC1. The lowest BCUT2D eigenvalue weighted by atomic mass is 10.1. The van der Waals surface area contributed by atoms with Crippen LogP contribution in [0.15, 0.2) is 48.5 Å². The number of hydrogen-bond donors (Lipinski definition) is 1. The highest BCUT2D eigenvalue weighted by atomic mass is 16.5. The van der Waals surface area contributed by atoms with Crippen molar-refractivity contribution in [2.45, 2.75) is 52.3 Å². The van der Waals surface area contributed by atoms with Crippen LogP contribution >= 0.6 is 0 Å². The lowest BCUT2D eigenvalue weighted by Gasteiger charge is -2.20. The molecule has 0 spiro atoms. The zero-order valence-corrected chi connectivity index (χ0v) is 16.4. The van der Waals surface area contributed by atoms with E-state index in [4.69, 9.17) is 4.74 Å². The number of nitrogens with zero attached hydrogens (tertiary/aromatic N) is 1. The van der Waals surface area contributed by atoms with Gasteiger partial charge in [-0.2, -0.15) is 0 Å². The van der Waals surface area contributed by atoms with E-state index in [1.165, 1.54) is 37.1 Å². The van der Waals surface area contributed by atoms with Crippen molar-refractivity contribution in [1.82, 2.24) is 10.2 Å². The molecule has 0 aliphatic carbocycles. The molecular formula is C23H30N2O2. The third kappa shape index (κ3) is 5.33. The molecule has 27 heavy (non-hydrogen) atoms. The number of carbonyl (C=O) groups excluding carboxylic acids is 1. The molecule has 1 saturated heterocycles. The molecule has 3 rings (SSSR count). The maximum Gasteiger partial charge on any atom is 0.261 e. The van der Waals surface area contributed by atoms with Crippen molar-refractivity contribution in [3.8, 4) is 5.75 Å². The molecule has 2 aromatic carbocycles. The zero-order valence-electron chi connectivity index (χ0n) is 16.4. The number of para-hydroxylation sites is 1. The molecule has 1 unspecified atom stereocenters. The first-order chi connectivity index (χ1) is 13.2. The number of ether oxygens (including phenoxy) is 1. The molecule has 1 fully saturated rings. The van der Waals surface area contributed by atoms with Gasteiger partial charge in [-0.3, -0.25) is 9.69 Å². The first-order valence-corrected chi connectivity index (χ1v) is 9.96. The molecule has 4 nitrogen and oxygen atoms in total. The van der Waals surface area contributed by atoms with Gasteiger partial charge in [0, 0.05) is 13.1 Å². The summed E-state index contributed by atoms with van der Waals surface area (Å²) in [7, 11) is 0. The van der Waals surface area contributed by atoms with Gasteiger partial charge in [0.15, 0.2) is 6.10 Å². The molecule has 1 atom stereocenters. The maximum absolute atomic E-state index is 12.7. The zero-order chi connectivity index (χ0) is 19.1. The Morgan fingerprint density at radius 1 is 1.07 bits per heavy atom. The van der Waals surface area contributed by atoms with E-state index in [2.05, 4.69) is 28.4 Å². The number of benzene rings is 2. The second-order valence-corrected chi connectivity index (χ2v) is 7.25. The predicted octanol–water partition coefficient (Wildman–Crippen LogP) is 4.06. The first-order valence-electron chi connectivity index (χ1n) is 9.96. The Morgan fingerprint density at radius 2 is 1.74 bits per heavy atom. The van der Waals surface area contributed by atoms with Crippen molar-refractivity contribution < 1.29 is 9.53 Å². The number of aryl methyl sites for hydroxylation is 1. The third-order valence-electron chi connectivity index (χ3n) is 5.19. The van der Waals surface area contributed by atoms with E-state index in [-0.39, 0.29) is 5.91 Å². The van der Waals surface area contributed by atoms with E-state index < -0.39 is 6.10 Å². The summed E-state index contributed by atoms with van der Waals surface area (Å²) >= 11 is 0. The molecule has 144 valence electrons. The topological polar surface area (TPSA) is 41.6 Å². The lowest BCUT2D eigenvalue weighted by Crippen LogP contribution is -2.38. The number of nitrogens with one attached hydrogen (secondary N) is 1. The fraction of sp³-hybridized carbons (Fsp3) is 0.435. The second-order valence-electron chi connectivity index (χ2n) is 7.25. The van der Waals surface area contributed by atoms with Gasteiger partial charge < -0.3 is 10.1 Å². The number of likely N-dealkylation sites (tertiary alicyclic amines) is 1. The lowest BCUT2D eigenvalue weighted by molar-refractivity contribution is -0.128. The van der Waals surface area contributed by atoms with Crippen LogP contribution in [0, 0.1) is 6.92 Å². The highest BCUT2D eigenvalue weighted by Gasteiger charge is 2.19. The number of amides is 1. The van der Waals surface area contributed by atoms with E-state index in [1.807, 2.05) is 44.2 Å². The average molecular weight is 367 g/mol. The number of carbonyl (C=O) groups is 1. The van der Waals surface area contributed by atoms with Crippen molar-refractivity contribution in [2.75, 3.05) is 13.1 Å². The molecule has 4 heteroatoms. The largest absolute Gasteiger partial charge is 0.480 e. The summed E-state index contributed by atoms with van der Waals surface area (Å²) in [4.78, 5) is 15.2. The Labute approximate surface area is 162 Å². The van der Waals surface area contributed by atoms with E-state index >= 15 is 0 Å². The normalized spacial score (nSPS) is 15.5. The fourth-order valence-electron chi connectivity index (χ4n) is 3.53. The van der Waals surface area contributed by atoms with Crippen molar-refractivity contribution in [2.24, 2.45) is 0 Å². The Kier molecular flexibility index (Phi) is 6.88. The smallest absolute Gasteiger partial charge is 0.261 e. The summed E-state index contributed by atoms with van der Waals surface area (Å²) < 4.78 is 5.96. The van der Waals surface area contributed by atoms with Gasteiger partial charge in [-0.05, 0) is 62.0 Å². The Hall–Kier alpha value is -2.33. The molecular weight excluding hydrogens is 336 g/mol. The van der Waals surface area contributed by atoms with E-state index in [0.29, 0.717) is 13.0 Å². The molecule has 0 radical (unpaired) electrons. The van der Waals surface area contributed by atoms with E-state index in [9.17, 15) is 4.79 Å². The monoisotopic (exact) mass is 366 g/mol. The van der Waals surface area contributed by atoms with Gasteiger partial charge in [-0.15, -0.1) is 0 Å². The van der Waals surface area contributed by atoms with Crippen LogP contribution in [0.25, 0.3) is 0 Å². The van der Waals surface area contributed by atoms with Gasteiger partial charge in [0.1, 0.15) is 5.75 Å². The Morgan fingerprint density at radius 3 is 2.44 bits per heavy atom. The summed E-state index contributed by atoms with van der Waals surface area (Å²) in [5.41, 5.74) is 3.52. The van der Waals surface area contributed by atoms with Crippen molar-refractivity contribution >= 4 is 5.91 Å². The highest BCUT2D eigenvalue weighted by molar-refractivity contribution is 5.81. The van der Waals surface area contributed by atoms with Crippen LogP contribution in [0.3, 0.4) is 0 Å². The second kappa shape index (κ2) is 9.56. The summed E-state index contributed by atoms with van der Waals surface area (Å²) in [5, 5.41) is 3.07. The van der Waals surface area contributed by atoms with Crippen molar-refractivity contribution in [1.29, 1.82) is 0 Å².